The molecule has 0 aliphatic rings. The van der Waals surface area contributed by atoms with Crippen molar-refractivity contribution in [2.24, 2.45) is 0 Å². The van der Waals surface area contributed by atoms with Crippen LogP contribution in [-0.2, 0) is 4.74 Å². The minimum atomic E-state index is -0.385. The van der Waals surface area contributed by atoms with Crippen molar-refractivity contribution >= 4 is 17.8 Å². The first-order valence-corrected chi connectivity index (χ1v) is 6.60. The molecule has 0 N–H and O–H groups in total. The molecule has 1 heterocycles. The minimum Gasteiger partial charge on any atom is -0.462 e. The SMILES string of the molecule is CCOC(=O)c1ccc(C(=O)/C=C/c2ccncc2)cc1. The maximum atomic E-state index is 12.0. The van der Waals surface area contributed by atoms with Gasteiger partial charge in [0, 0.05) is 18.0 Å². The summed E-state index contributed by atoms with van der Waals surface area (Å²) in [5.74, 6) is -0.508. The average Bonchev–Trinajstić information content (AvgIpc) is 2.54. The van der Waals surface area contributed by atoms with Gasteiger partial charge in [0.25, 0.3) is 0 Å². The van der Waals surface area contributed by atoms with Gasteiger partial charge in [0.15, 0.2) is 5.78 Å². The van der Waals surface area contributed by atoms with Gasteiger partial charge < -0.3 is 4.74 Å². The van der Waals surface area contributed by atoms with Gasteiger partial charge in [-0.3, -0.25) is 9.78 Å². The van der Waals surface area contributed by atoms with Crippen LogP contribution in [-0.4, -0.2) is 23.3 Å². The summed E-state index contributed by atoms with van der Waals surface area (Å²) in [6, 6.07) is 10.0. The molecule has 0 bridgehead atoms. The highest BCUT2D eigenvalue weighted by molar-refractivity contribution is 6.07. The number of esters is 1. The Morgan fingerprint density at radius 1 is 1.05 bits per heavy atom. The van der Waals surface area contributed by atoms with E-state index in [1.807, 2.05) is 12.1 Å². The van der Waals surface area contributed by atoms with Crippen LogP contribution in [0.15, 0.2) is 54.9 Å². The van der Waals surface area contributed by atoms with Crippen LogP contribution in [0.2, 0.25) is 0 Å². The fourth-order valence-electron chi connectivity index (χ4n) is 1.73. The maximum absolute atomic E-state index is 12.0. The highest BCUT2D eigenvalue weighted by atomic mass is 16.5. The smallest absolute Gasteiger partial charge is 0.338 e. The number of hydrogen-bond donors (Lipinski definition) is 0. The van der Waals surface area contributed by atoms with Crippen molar-refractivity contribution in [3.05, 3.63) is 71.6 Å². The van der Waals surface area contributed by atoms with Crippen molar-refractivity contribution in [1.29, 1.82) is 0 Å². The number of carbonyl (C=O) groups excluding carboxylic acids is 2. The van der Waals surface area contributed by atoms with E-state index in [2.05, 4.69) is 4.98 Å². The van der Waals surface area contributed by atoms with Crippen molar-refractivity contribution < 1.29 is 14.3 Å². The molecule has 1 aromatic heterocycles. The largest absolute Gasteiger partial charge is 0.462 e. The van der Waals surface area contributed by atoms with Crippen LogP contribution < -0.4 is 0 Å². The Hall–Kier alpha value is -2.75. The zero-order valence-corrected chi connectivity index (χ0v) is 11.7. The molecule has 0 unspecified atom stereocenters. The number of hydrogen-bond acceptors (Lipinski definition) is 4. The summed E-state index contributed by atoms with van der Waals surface area (Å²) >= 11 is 0. The maximum Gasteiger partial charge on any atom is 0.338 e. The van der Waals surface area contributed by atoms with Gasteiger partial charge in [-0.25, -0.2) is 4.79 Å². The lowest BCUT2D eigenvalue weighted by molar-refractivity contribution is 0.0526. The summed E-state index contributed by atoms with van der Waals surface area (Å²) in [6.07, 6.45) is 6.55. The number of rotatable bonds is 5. The highest BCUT2D eigenvalue weighted by Crippen LogP contribution is 2.09. The third kappa shape index (κ3) is 4.11. The van der Waals surface area contributed by atoms with E-state index < -0.39 is 0 Å². The third-order valence-corrected chi connectivity index (χ3v) is 2.81. The molecule has 0 saturated carbocycles. The lowest BCUT2D eigenvalue weighted by Crippen LogP contribution is -2.05. The quantitative estimate of drug-likeness (QED) is 0.480. The second kappa shape index (κ2) is 7.14. The van der Waals surface area contributed by atoms with Gasteiger partial charge in [-0.1, -0.05) is 18.2 Å². The molecule has 21 heavy (non-hydrogen) atoms. The topological polar surface area (TPSA) is 56.3 Å². The summed E-state index contributed by atoms with van der Waals surface area (Å²) < 4.78 is 4.89. The van der Waals surface area contributed by atoms with Crippen LogP contribution in [0.25, 0.3) is 6.08 Å². The van der Waals surface area contributed by atoms with Crippen LogP contribution in [0.1, 0.15) is 33.2 Å². The Bertz CT molecular complexity index is 645. The monoisotopic (exact) mass is 281 g/mol. The molecule has 0 aliphatic carbocycles. The van der Waals surface area contributed by atoms with E-state index in [1.54, 1.807) is 49.7 Å². The summed E-state index contributed by atoms with van der Waals surface area (Å²) in [6.45, 7) is 2.08. The number of pyridine rings is 1. The number of ketones is 1. The summed E-state index contributed by atoms with van der Waals surface area (Å²) in [4.78, 5) is 27.4. The van der Waals surface area contributed by atoms with Gasteiger partial charge in [0.2, 0.25) is 0 Å². The number of aromatic nitrogens is 1. The molecule has 0 aliphatic heterocycles. The molecule has 106 valence electrons. The third-order valence-electron chi connectivity index (χ3n) is 2.81. The lowest BCUT2D eigenvalue weighted by Gasteiger charge is -2.02. The van der Waals surface area contributed by atoms with Crippen molar-refractivity contribution in [3.8, 4) is 0 Å². The van der Waals surface area contributed by atoms with Crippen LogP contribution in [0.4, 0.5) is 0 Å². The molecule has 0 amide bonds. The van der Waals surface area contributed by atoms with Gasteiger partial charge in [-0.2, -0.15) is 0 Å². The van der Waals surface area contributed by atoms with Gasteiger partial charge in [-0.05, 0) is 42.8 Å². The molecule has 4 heteroatoms. The van der Waals surface area contributed by atoms with E-state index in [9.17, 15) is 9.59 Å². The molecule has 0 spiro atoms. The molecule has 0 fully saturated rings. The zero-order chi connectivity index (χ0) is 15.1. The van der Waals surface area contributed by atoms with Crippen LogP contribution >= 0.6 is 0 Å². The number of ether oxygens (including phenoxy) is 1. The van der Waals surface area contributed by atoms with Crippen LogP contribution in [0, 0.1) is 0 Å². The fraction of sp³-hybridized carbons (Fsp3) is 0.118. The predicted octanol–water partition coefficient (Wildman–Crippen LogP) is 3.15. The molecule has 0 radical (unpaired) electrons. The predicted molar refractivity (Wildman–Crippen MR) is 80.0 cm³/mol. The average molecular weight is 281 g/mol. The molecule has 1 aromatic carbocycles. The van der Waals surface area contributed by atoms with Crippen LogP contribution in [0.3, 0.4) is 0 Å². The first kappa shape index (κ1) is 14.7. The first-order chi connectivity index (χ1) is 10.2. The first-order valence-electron chi connectivity index (χ1n) is 6.60. The summed E-state index contributed by atoms with van der Waals surface area (Å²) in [5, 5.41) is 0. The molecule has 0 saturated heterocycles. The van der Waals surface area contributed by atoms with Crippen molar-refractivity contribution in [3.63, 3.8) is 0 Å². The Balaban J connectivity index is 2.06. The van der Waals surface area contributed by atoms with Crippen molar-refractivity contribution in [2.45, 2.75) is 6.92 Å². The van der Waals surface area contributed by atoms with Crippen molar-refractivity contribution in [1.82, 2.24) is 4.98 Å². The van der Waals surface area contributed by atoms with E-state index in [0.717, 1.165) is 5.56 Å². The van der Waals surface area contributed by atoms with E-state index in [1.165, 1.54) is 6.08 Å². The second-order valence-corrected chi connectivity index (χ2v) is 4.28. The number of carbonyl (C=O) groups is 2. The summed E-state index contributed by atoms with van der Waals surface area (Å²) in [7, 11) is 0. The Morgan fingerprint density at radius 2 is 1.67 bits per heavy atom. The van der Waals surface area contributed by atoms with Gasteiger partial charge >= 0.3 is 5.97 Å². The second-order valence-electron chi connectivity index (χ2n) is 4.28. The molecule has 2 rings (SSSR count). The molecular weight excluding hydrogens is 266 g/mol. The summed E-state index contributed by atoms with van der Waals surface area (Å²) in [5.41, 5.74) is 1.86. The highest BCUT2D eigenvalue weighted by Gasteiger charge is 2.07. The Morgan fingerprint density at radius 3 is 2.29 bits per heavy atom. The van der Waals surface area contributed by atoms with E-state index in [4.69, 9.17) is 4.74 Å². The number of benzene rings is 1. The number of nitrogens with zero attached hydrogens (tertiary/aromatic N) is 1. The molecule has 2 aromatic rings. The normalized spacial score (nSPS) is 10.5. The number of allylic oxidation sites excluding steroid dienone is 1. The standard InChI is InChI=1S/C17H15NO3/c1-2-21-17(20)15-6-4-14(5-7-15)16(19)8-3-13-9-11-18-12-10-13/h3-12H,2H2,1H3/b8-3+. The molecule has 4 nitrogen and oxygen atoms in total. The van der Waals surface area contributed by atoms with Crippen molar-refractivity contribution in [2.75, 3.05) is 6.61 Å². The van der Waals surface area contributed by atoms with Crippen LogP contribution in [0.5, 0.6) is 0 Å². The van der Waals surface area contributed by atoms with E-state index in [-0.39, 0.29) is 11.8 Å². The minimum absolute atomic E-state index is 0.123. The zero-order valence-electron chi connectivity index (χ0n) is 11.7. The van der Waals surface area contributed by atoms with E-state index in [0.29, 0.717) is 17.7 Å². The fourth-order valence-corrected chi connectivity index (χ4v) is 1.73. The molecular formula is C17H15NO3. The van der Waals surface area contributed by atoms with E-state index >= 15 is 0 Å². The van der Waals surface area contributed by atoms with Gasteiger partial charge in [0.1, 0.15) is 0 Å². The Kier molecular flexibility index (Phi) is 4.99. The lowest BCUT2D eigenvalue weighted by atomic mass is 10.1. The Labute approximate surface area is 123 Å². The van der Waals surface area contributed by atoms with Gasteiger partial charge in [-0.15, -0.1) is 0 Å². The van der Waals surface area contributed by atoms with Gasteiger partial charge in [0.05, 0.1) is 12.2 Å². The molecule has 0 atom stereocenters.